The Balaban J connectivity index is 2.52. The molecule has 0 aliphatic heterocycles. The van der Waals surface area contributed by atoms with Crippen LogP contribution < -0.4 is 14.8 Å². The van der Waals surface area contributed by atoms with Crippen molar-refractivity contribution in [2.24, 2.45) is 0 Å². The van der Waals surface area contributed by atoms with Crippen LogP contribution in [0.5, 0.6) is 11.5 Å². The molecule has 1 aliphatic rings. The molecule has 1 aromatic carbocycles. The van der Waals surface area contributed by atoms with Gasteiger partial charge in [-0.2, -0.15) is 0 Å². The van der Waals surface area contributed by atoms with E-state index in [2.05, 4.69) is 19.2 Å². The van der Waals surface area contributed by atoms with Crippen molar-refractivity contribution in [1.82, 2.24) is 5.32 Å². The Hall–Kier alpha value is -1.22. The summed E-state index contributed by atoms with van der Waals surface area (Å²) < 4.78 is 11.0. The maximum Gasteiger partial charge on any atom is 0.124 e. The van der Waals surface area contributed by atoms with Gasteiger partial charge in [-0.15, -0.1) is 0 Å². The molecule has 0 spiro atoms. The predicted molar refractivity (Wildman–Crippen MR) is 69.0 cm³/mol. The van der Waals surface area contributed by atoms with Crippen molar-refractivity contribution in [3.63, 3.8) is 0 Å². The maximum atomic E-state index is 5.49. The van der Waals surface area contributed by atoms with E-state index in [1.165, 1.54) is 11.1 Å². The van der Waals surface area contributed by atoms with Gasteiger partial charge in [0.1, 0.15) is 11.5 Å². The first-order valence-electron chi connectivity index (χ1n) is 6.21. The fourth-order valence-corrected chi connectivity index (χ4v) is 2.84. The highest BCUT2D eigenvalue weighted by molar-refractivity contribution is 5.54. The van der Waals surface area contributed by atoms with Crippen molar-refractivity contribution < 1.29 is 9.47 Å². The lowest BCUT2D eigenvalue weighted by Crippen LogP contribution is -2.19. The fraction of sp³-hybridized carbons (Fsp3) is 0.571. The van der Waals surface area contributed by atoms with Gasteiger partial charge in [0, 0.05) is 17.2 Å². The summed E-state index contributed by atoms with van der Waals surface area (Å²) in [6.07, 6.45) is 1.11. The van der Waals surface area contributed by atoms with Crippen molar-refractivity contribution >= 4 is 0 Å². The van der Waals surface area contributed by atoms with E-state index < -0.39 is 0 Å². The molecule has 0 bridgehead atoms. The highest BCUT2D eigenvalue weighted by Crippen LogP contribution is 2.48. The number of fused-ring (bicyclic) bond motifs is 1. The predicted octanol–water partition coefficient (Wildman–Crippen LogP) is 2.86. The molecule has 1 aromatic rings. The third kappa shape index (κ3) is 2.00. The summed E-state index contributed by atoms with van der Waals surface area (Å²) in [4.78, 5) is 0. The monoisotopic (exact) mass is 235 g/mol. The molecule has 1 N–H and O–H groups in total. The summed E-state index contributed by atoms with van der Waals surface area (Å²) in [5.74, 6) is 2.46. The highest BCUT2D eigenvalue weighted by Gasteiger charge is 2.33. The average molecular weight is 235 g/mol. The smallest absolute Gasteiger partial charge is 0.124 e. The molecule has 2 rings (SSSR count). The zero-order valence-electron chi connectivity index (χ0n) is 11.0. The molecule has 17 heavy (non-hydrogen) atoms. The minimum Gasteiger partial charge on any atom is -0.496 e. The first-order valence-corrected chi connectivity index (χ1v) is 6.21. The zero-order chi connectivity index (χ0) is 12.4. The number of ether oxygens (including phenoxy) is 2. The molecule has 3 heteroatoms. The van der Waals surface area contributed by atoms with Gasteiger partial charge in [-0.05, 0) is 31.0 Å². The standard InChI is InChI=1S/C14H21NO2/c1-5-15-10-8-9(2)13-11(16-3)6-7-12(17-4)14(10)13/h6-7,9-10,15H,5,8H2,1-4H3. The minimum absolute atomic E-state index is 0.384. The van der Waals surface area contributed by atoms with E-state index in [0.717, 1.165) is 24.5 Å². The number of rotatable bonds is 4. The van der Waals surface area contributed by atoms with Gasteiger partial charge in [0.25, 0.3) is 0 Å². The van der Waals surface area contributed by atoms with Gasteiger partial charge >= 0.3 is 0 Å². The Labute approximate surface area is 103 Å². The number of hydrogen-bond acceptors (Lipinski definition) is 3. The van der Waals surface area contributed by atoms with Crippen molar-refractivity contribution in [2.45, 2.75) is 32.2 Å². The van der Waals surface area contributed by atoms with E-state index in [4.69, 9.17) is 9.47 Å². The third-order valence-corrected chi connectivity index (χ3v) is 3.53. The normalized spacial score (nSPS) is 22.4. The van der Waals surface area contributed by atoms with Crippen molar-refractivity contribution in [3.05, 3.63) is 23.3 Å². The minimum atomic E-state index is 0.384. The van der Waals surface area contributed by atoms with Crippen molar-refractivity contribution in [3.8, 4) is 11.5 Å². The van der Waals surface area contributed by atoms with Crippen LogP contribution in [0, 0.1) is 0 Å². The van der Waals surface area contributed by atoms with Crippen LogP contribution in [-0.4, -0.2) is 20.8 Å². The number of methoxy groups -OCH3 is 2. The van der Waals surface area contributed by atoms with E-state index in [1.807, 2.05) is 12.1 Å². The Morgan fingerprint density at radius 3 is 2.29 bits per heavy atom. The zero-order valence-corrected chi connectivity index (χ0v) is 11.0. The second kappa shape index (κ2) is 4.96. The van der Waals surface area contributed by atoms with Gasteiger partial charge in [0.15, 0.2) is 0 Å². The molecule has 0 radical (unpaired) electrons. The summed E-state index contributed by atoms with van der Waals surface area (Å²) >= 11 is 0. The fourth-order valence-electron chi connectivity index (χ4n) is 2.84. The lowest BCUT2D eigenvalue weighted by Gasteiger charge is -2.17. The Kier molecular flexibility index (Phi) is 3.57. The summed E-state index contributed by atoms with van der Waals surface area (Å²) in [7, 11) is 3.46. The van der Waals surface area contributed by atoms with E-state index in [1.54, 1.807) is 14.2 Å². The number of nitrogens with one attached hydrogen (secondary N) is 1. The molecule has 0 fully saturated rings. The van der Waals surface area contributed by atoms with Crippen LogP contribution in [0.25, 0.3) is 0 Å². The molecule has 3 nitrogen and oxygen atoms in total. The van der Waals surface area contributed by atoms with E-state index >= 15 is 0 Å². The van der Waals surface area contributed by atoms with Gasteiger partial charge in [-0.1, -0.05) is 13.8 Å². The lowest BCUT2D eigenvalue weighted by atomic mass is 10.0. The van der Waals surface area contributed by atoms with Gasteiger partial charge in [-0.25, -0.2) is 0 Å². The first kappa shape index (κ1) is 12.2. The Morgan fingerprint density at radius 2 is 1.76 bits per heavy atom. The van der Waals surface area contributed by atoms with Crippen LogP contribution in [0.4, 0.5) is 0 Å². The summed E-state index contributed by atoms with van der Waals surface area (Å²) in [6.45, 7) is 5.35. The molecule has 1 aliphatic carbocycles. The first-order chi connectivity index (χ1) is 8.22. The molecule has 0 heterocycles. The van der Waals surface area contributed by atoms with Crippen LogP contribution in [0.3, 0.4) is 0 Å². The molecule has 0 saturated heterocycles. The van der Waals surface area contributed by atoms with E-state index in [-0.39, 0.29) is 0 Å². The molecular weight excluding hydrogens is 214 g/mol. The molecule has 94 valence electrons. The lowest BCUT2D eigenvalue weighted by molar-refractivity contribution is 0.393. The molecule has 0 aromatic heterocycles. The average Bonchev–Trinajstić information content (AvgIpc) is 2.67. The third-order valence-electron chi connectivity index (χ3n) is 3.53. The quantitative estimate of drug-likeness (QED) is 0.870. The van der Waals surface area contributed by atoms with E-state index in [9.17, 15) is 0 Å². The van der Waals surface area contributed by atoms with Crippen LogP contribution in [-0.2, 0) is 0 Å². The van der Waals surface area contributed by atoms with Crippen LogP contribution in [0.15, 0.2) is 12.1 Å². The topological polar surface area (TPSA) is 30.5 Å². The van der Waals surface area contributed by atoms with Gasteiger partial charge in [-0.3, -0.25) is 0 Å². The van der Waals surface area contributed by atoms with Gasteiger partial charge in [0.05, 0.1) is 14.2 Å². The second-order valence-corrected chi connectivity index (χ2v) is 4.54. The van der Waals surface area contributed by atoms with Crippen LogP contribution in [0.1, 0.15) is 43.4 Å². The molecular formula is C14H21NO2. The van der Waals surface area contributed by atoms with Crippen LogP contribution >= 0.6 is 0 Å². The molecule has 0 amide bonds. The Bertz CT molecular complexity index is 403. The van der Waals surface area contributed by atoms with Gasteiger partial charge in [0.2, 0.25) is 0 Å². The summed E-state index contributed by atoms with van der Waals surface area (Å²) in [5.41, 5.74) is 2.58. The maximum absolute atomic E-state index is 5.49. The van der Waals surface area contributed by atoms with Crippen LogP contribution in [0.2, 0.25) is 0 Å². The number of hydrogen-bond donors (Lipinski definition) is 1. The van der Waals surface area contributed by atoms with Crippen molar-refractivity contribution in [1.29, 1.82) is 0 Å². The van der Waals surface area contributed by atoms with E-state index in [0.29, 0.717) is 12.0 Å². The highest BCUT2D eigenvalue weighted by atomic mass is 16.5. The Morgan fingerprint density at radius 1 is 1.18 bits per heavy atom. The molecule has 2 unspecified atom stereocenters. The number of benzene rings is 1. The second-order valence-electron chi connectivity index (χ2n) is 4.54. The SMILES string of the molecule is CCNC1CC(C)c2c(OC)ccc(OC)c21. The molecule has 2 atom stereocenters. The van der Waals surface area contributed by atoms with Gasteiger partial charge < -0.3 is 14.8 Å². The summed E-state index contributed by atoms with van der Waals surface area (Å²) in [6, 6.07) is 4.39. The molecule has 0 saturated carbocycles. The van der Waals surface area contributed by atoms with Crippen molar-refractivity contribution in [2.75, 3.05) is 20.8 Å². The largest absolute Gasteiger partial charge is 0.496 e. The summed E-state index contributed by atoms with van der Waals surface area (Å²) in [5, 5.41) is 3.52.